The first-order chi connectivity index (χ1) is 18.2. The minimum Gasteiger partial charge on any atom is -0.507 e. The van der Waals surface area contributed by atoms with E-state index in [1.165, 1.54) is 4.90 Å². The number of rotatable bonds is 6. The summed E-state index contributed by atoms with van der Waals surface area (Å²) in [5.41, 5.74) is 2.72. The average molecular weight is 507 g/mol. The molecule has 1 fully saturated rings. The highest BCUT2D eigenvalue weighted by Crippen LogP contribution is 2.43. The average Bonchev–Trinajstić information content (AvgIpc) is 3.18. The van der Waals surface area contributed by atoms with Crippen molar-refractivity contribution in [1.29, 1.82) is 0 Å². The number of Topliss-reactive ketones (excluding diaryl/α,β-unsaturated/α-hetero) is 1. The molecular formula is C32H30N2O4. The van der Waals surface area contributed by atoms with Crippen LogP contribution in [0.25, 0.3) is 16.5 Å². The molecule has 1 unspecified atom stereocenters. The zero-order chi connectivity index (χ0) is 27.0. The molecule has 0 saturated carbocycles. The topological polar surface area (TPSA) is 70.1 Å². The van der Waals surface area contributed by atoms with Crippen LogP contribution in [0, 0.1) is 0 Å². The molecule has 6 heteroatoms. The first-order valence-electron chi connectivity index (χ1n) is 12.6. The van der Waals surface area contributed by atoms with Gasteiger partial charge in [0, 0.05) is 31.0 Å². The van der Waals surface area contributed by atoms with Crippen LogP contribution in [0.1, 0.15) is 31.0 Å². The van der Waals surface area contributed by atoms with Crippen LogP contribution in [-0.4, -0.2) is 37.0 Å². The number of anilines is 2. The van der Waals surface area contributed by atoms with Crippen LogP contribution in [0.5, 0.6) is 5.75 Å². The number of aliphatic hydroxyl groups is 1. The lowest BCUT2D eigenvalue weighted by atomic mass is 9.94. The van der Waals surface area contributed by atoms with E-state index in [1.54, 1.807) is 6.07 Å². The number of carbonyl (C=O) groups is 2. The van der Waals surface area contributed by atoms with Gasteiger partial charge in [-0.15, -0.1) is 0 Å². The summed E-state index contributed by atoms with van der Waals surface area (Å²) >= 11 is 0. The molecule has 4 aromatic carbocycles. The number of carbonyl (C=O) groups excluding carboxylic acids is 2. The number of hydrogen-bond acceptors (Lipinski definition) is 5. The minimum absolute atomic E-state index is 0.0451. The molecule has 0 aromatic heterocycles. The van der Waals surface area contributed by atoms with Crippen LogP contribution in [0.3, 0.4) is 0 Å². The Morgan fingerprint density at radius 3 is 2.26 bits per heavy atom. The lowest BCUT2D eigenvalue weighted by molar-refractivity contribution is -0.132. The van der Waals surface area contributed by atoms with Crippen molar-refractivity contribution < 1.29 is 19.4 Å². The summed E-state index contributed by atoms with van der Waals surface area (Å²) in [5, 5.41) is 13.5. The van der Waals surface area contributed by atoms with Crippen molar-refractivity contribution in [3.63, 3.8) is 0 Å². The number of ketones is 1. The Morgan fingerprint density at radius 2 is 1.58 bits per heavy atom. The molecule has 0 radical (unpaired) electrons. The van der Waals surface area contributed by atoms with Gasteiger partial charge < -0.3 is 14.7 Å². The second-order valence-corrected chi connectivity index (χ2v) is 9.88. The summed E-state index contributed by atoms with van der Waals surface area (Å²) in [6, 6.07) is 27.2. The highest BCUT2D eigenvalue weighted by Gasteiger charge is 2.47. The van der Waals surface area contributed by atoms with Gasteiger partial charge in [-0.25, -0.2) is 0 Å². The second kappa shape index (κ2) is 10.1. The summed E-state index contributed by atoms with van der Waals surface area (Å²) < 4.78 is 5.91. The van der Waals surface area contributed by atoms with Gasteiger partial charge in [0.15, 0.2) is 0 Å². The Hall–Kier alpha value is -4.58. The monoisotopic (exact) mass is 506 g/mol. The number of fused-ring (bicyclic) bond motifs is 1. The largest absolute Gasteiger partial charge is 0.507 e. The lowest BCUT2D eigenvalue weighted by Gasteiger charge is -2.26. The Bertz CT molecular complexity index is 1550. The molecule has 38 heavy (non-hydrogen) atoms. The Balaban J connectivity index is 1.69. The highest BCUT2D eigenvalue weighted by molar-refractivity contribution is 6.51. The molecule has 4 aromatic rings. The maximum Gasteiger partial charge on any atom is 0.300 e. The smallest absolute Gasteiger partial charge is 0.300 e. The van der Waals surface area contributed by atoms with Gasteiger partial charge in [0.1, 0.15) is 11.5 Å². The summed E-state index contributed by atoms with van der Waals surface area (Å²) in [7, 11) is 3.87. The summed E-state index contributed by atoms with van der Waals surface area (Å²) in [6.45, 7) is 3.87. The third-order valence-corrected chi connectivity index (χ3v) is 6.66. The van der Waals surface area contributed by atoms with Crippen molar-refractivity contribution in [1.82, 2.24) is 0 Å². The molecule has 1 N–H and O–H groups in total. The number of ether oxygens (including phenoxy) is 1. The molecule has 0 aliphatic carbocycles. The SMILES string of the molecule is CC(C)Oc1cccc(C2/C(=C(/O)c3ccc4ccccc4c3)C(=O)C(=O)N2c2ccc(N(C)C)cc2)c1. The highest BCUT2D eigenvalue weighted by atomic mass is 16.5. The van der Waals surface area contributed by atoms with Crippen LogP contribution in [0.15, 0.2) is 96.6 Å². The maximum atomic E-state index is 13.5. The van der Waals surface area contributed by atoms with E-state index in [0.717, 1.165) is 16.5 Å². The van der Waals surface area contributed by atoms with Gasteiger partial charge >= 0.3 is 0 Å². The van der Waals surface area contributed by atoms with Crippen molar-refractivity contribution in [3.05, 3.63) is 108 Å². The van der Waals surface area contributed by atoms with Gasteiger partial charge in [-0.05, 0) is 72.6 Å². The molecule has 1 amide bonds. The normalized spacial score (nSPS) is 16.9. The predicted octanol–water partition coefficient (Wildman–Crippen LogP) is 6.32. The first-order valence-corrected chi connectivity index (χ1v) is 12.6. The fraction of sp³-hybridized carbons (Fsp3) is 0.188. The van der Waals surface area contributed by atoms with Crippen LogP contribution < -0.4 is 14.5 Å². The molecule has 1 saturated heterocycles. The second-order valence-electron chi connectivity index (χ2n) is 9.88. The molecule has 1 atom stereocenters. The van der Waals surface area contributed by atoms with E-state index in [-0.39, 0.29) is 17.4 Å². The van der Waals surface area contributed by atoms with Crippen LogP contribution in [-0.2, 0) is 9.59 Å². The summed E-state index contributed by atoms with van der Waals surface area (Å²) in [5.74, 6) is -1.00. The van der Waals surface area contributed by atoms with Crippen molar-refractivity contribution in [3.8, 4) is 5.75 Å². The molecular weight excluding hydrogens is 476 g/mol. The molecule has 1 aliphatic heterocycles. The molecule has 1 heterocycles. The molecule has 0 spiro atoms. The molecule has 1 aliphatic rings. The van der Waals surface area contributed by atoms with E-state index >= 15 is 0 Å². The standard InChI is InChI=1S/C32H30N2O4/c1-20(2)38-27-11-7-10-23(19-27)29-28(30(35)24-13-12-21-8-5-6-9-22(21)18-24)31(36)32(37)34(29)26-16-14-25(15-17-26)33(3)4/h5-20,29,35H,1-4H3/b30-28-. The predicted molar refractivity (Wildman–Crippen MR) is 152 cm³/mol. The number of nitrogens with zero attached hydrogens (tertiary/aromatic N) is 2. The van der Waals surface area contributed by atoms with E-state index in [4.69, 9.17) is 4.74 Å². The van der Waals surface area contributed by atoms with Crippen LogP contribution in [0.2, 0.25) is 0 Å². The fourth-order valence-corrected chi connectivity index (χ4v) is 4.85. The van der Waals surface area contributed by atoms with Crippen molar-refractivity contribution in [2.45, 2.75) is 26.0 Å². The van der Waals surface area contributed by atoms with Gasteiger partial charge in [0.2, 0.25) is 0 Å². The van der Waals surface area contributed by atoms with E-state index in [0.29, 0.717) is 22.6 Å². The Labute approximate surface area is 222 Å². The number of aliphatic hydroxyl groups excluding tert-OH is 1. The Morgan fingerprint density at radius 1 is 0.868 bits per heavy atom. The number of benzene rings is 4. The van der Waals surface area contributed by atoms with E-state index < -0.39 is 17.7 Å². The van der Waals surface area contributed by atoms with E-state index in [1.807, 2.05) is 118 Å². The van der Waals surface area contributed by atoms with Crippen molar-refractivity contribution in [2.75, 3.05) is 23.9 Å². The Kier molecular flexibility index (Phi) is 6.64. The van der Waals surface area contributed by atoms with Gasteiger partial charge in [0.25, 0.3) is 11.7 Å². The first kappa shape index (κ1) is 25.1. The van der Waals surface area contributed by atoms with Crippen LogP contribution in [0.4, 0.5) is 11.4 Å². The molecule has 192 valence electrons. The van der Waals surface area contributed by atoms with E-state index in [9.17, 15) is 14.7 Å². The molecule has 0 bridgehead atoms. The summed E-state index contributed by atoms with van der Waals surface area (Å²) in [4.78, 5) is 30.5. The van der Waals surface area contributed by atoms with Gasteiger partial charge in [-0.1, -0.05) is 48.5 Å². The lowest BCUT2D eigenvalue weighted by Crippen LogP contribution is -2.29. The molecule has 6 nitrogen and oxygen atoms in total. The third-order valence-electron chi connectivity index (χ3n) is 6.66. The number of amides is 1. The van der Waals surface area contributed by atoms with Gasteiger partial charge in [-0.2, -0.15) is 0 Å². The van der Waals surface area contributed by atoms with Gasteiger partial charge in [0.05, 0.1) is 17.7 Å². The van der Waals surface area contributed by atoms with Gasteiger partial charge in [-0.3, -0.25) is 14.5 Å². The van der Waals surface area contributed by atoms with Crippen molar-refractivity contribution in [2.24, 2.45) is 0 Å². The van der Waals surface area contributed by atoms with Crippen LogP contribution >= 0.6 is 0 Å². The van der Waals surface area contributed by atoms with Crippen molar-refractivity contribution >= 4 is 39.6 Å². The number of hydrogen-bond donors (Lipinski definition) is 1. The van der Waals surface area contributed by atoms with E-state index in [2.05, 4.69) is 0 Å². The zero-order valence-electron chi connectivity index (χ0n) is 21.9. The minimum atomic E-state index is -0.831. The maximum absolute atomic E-state index is 13.5. The quantitative estimate of drug-likeness (QED) is 0.188. The fourth-order valence-electron chi connectivity index (χ4n) is 4.85. The third kappa shape index (κ3) is 4.61. The molecule has 5 rings (SSSR count). The summed E-state index contributed by atoms with van der Waals surface area (Å²) in [6.07, 6.45) is -0.0483. The zero-order valence-corrected chi connectivity index (χ0v) is 21.9.